The van der Waals surface area contributed by atoms with E-state index in [2.05, 4.69) is 47.8 Å². The molecule has 1 atom stereocenters. The first-order chi connectivity index (χ1) is 13.8. The summed E-state index contributed by atoms with van der Waals surface area (Å²) in [5.41, 5.74) is -0.162. The van der Waals surface area contributed by atoms with Gasteiger partial charge in [0, 0.05) is 30.8 Å². The number of halogens is 3. The summed E-state index contributed by atoms with van der Waals surface area (Å²) in [5, 5.41) is 8.50. The third-order valence-electron chi connectivity index (χ3n) is 4.20. The molecule has 1 heterocycles. The van der Waals surface area contributed by atoms with Crippen LogP contribution >= 0.6 is 31.9 Å². The van der Waals surface area contributed by atoms with Crippen molar-refractivity contribution in [1.82, 2.24) is 16.0 Å². The van der Waals surface area contributed by atoms with Crippen molar-refractivity contribution in [3.63, 3.8) is 0 Å². The van der Waals surface area contributed by atoms with Gasteiger partial charge in [-0.3, -0.25) is 9.59 Å². The molecule has 0 spiro atoms. The van der Waals surface area contributed by atoms with Crippen molar-refractivity contribution in [1.29, 1.82) is 0 Å². The molecule has 160 valence electrons. The molecule has 0 aromatic heterocycles. The normalized spacial score (nSPS) is 16.1. The Morgan fingerprint density at radius 2 is 1.83 bits per heavy atom. The second-order valence-electron chi connectivity index (χ2n) is 7.06. The summed E-state index contributed by atoms with van der Waals surface area (Å²) in [6.45, 7) is 6.17. The maximum atomic E-state index is 14.2. The van der Waals surface area contributed by atoms with Crippen LogP contribution in [0.5, 0.6) is 0 Å². The molecule has 0 unspecified atom stereocenters. The van der Waals surface area contributed by atoms with Crippen LogP contribution in [0.25, 0.3) is 0 Å². The van der Waals surface area contributed by atoms with Gasteiger partial charge in [-0.1, -0.05) is 13.8 Å². The number of benzene rings is 1. The summed E-state index contributed by atoms with van der Waals surface area (Å²) in [7, 11) is -0.559. The Morgan fingerprint density at radius 3 is 2.45 bits per heavy atom. The van der Waals surface area contributed by atoms with Gasteiger partial charge >= 0.3 is 7.12 Å². The molecule has 1 aromatic carbocycles. The summed E-state index contributed by atoms with van der Waals surface area (Å²) < 4.78 is 26.2. The zero-order valence-electron chi connectivity index (χ0n) is 16.4. The Hall–Kier alpha value is -1.01. The van der Waals surface area contributed by atoms with Crippen LogP contribution in [0, 0.1) is 11.7 Å². The largest absolute Gasteiger partial charge is 0.480 e. The minimum atomic E-state index is -0.695. The molecule has 1 saturated heterocycles. The third-order valence-corrected chi connectivity index (χ3v) is 5.48. The van der Waals surface area contributed by atoms with E-state index in [4.69, 9.17) is 9.31 Å². The Morgan fingerprint density at radius 1 is 1.21 bits per heavy atom. The van der Waals surface area contributed by atoms with Crippen molar-refractivity contribution in [2.75, 3.05) is 32.8 Å². The Balaban J connectivity index is 1.97. The Bertz CT molecular complexity index is 719. The molecular formula is C18H25BBr2FN3O4. The fourth-order valence-corrected chi connectivity index (χ4v) is 3.70. The minimum Gasteiger partial charge on any atom is -0.408 e. The highest BCUT2D eigenvalue weighted by molar-refractivity contribution is 9.11. The summed E-state index contributed by atoms with van der Waals surface area (Å²) in [4.78, 5) is 24.8. The van der Waals surface area contributed by atoms with Gasteiger partial charge in [0.15, 0.2) is 5.82 Å². The second-order valence-corrected chi connectivity index (χ2v) is 8.77. The van der Waals surface area contributed by atoms with Crippen molar-refractivity contribution in [2.45, 2.75) is 26.2 Å². The van der Waals surface area contributed by atoms with Gasteiger partial charge in [-0.05, 0) is 56.3 Å². The van der Waals surface area contributed by atoms with Crippen molar-refractivity contribution >= 4 is 50.8 Å². The summed E-state index contributed by atoms with van der Waals surface area (Å²) in [5.74, 6) is -1.83. The Kier molecular flexibility index (Phi) is 10.0. The monoisotopic (exact) mass is 535 g/mol. The summed E-state index contributed by atoms with van der Waals surface area (Å²) >= 11 is 6.21. The number of carbonyl (C=O) groups excluding carboxylic acids is 2. The van der Waals surface area contributed by atoms with E-state index < -0.39 is 24.7 Å². The highest BCUT2D eigenvalue weighted by Gasteiger charge is 2.33. The van der Waals surface area contributed by atoms with Crippen molar-refractivity contribution in [2.24, 2.45) is 5.92 Å². The molecule has 0 bridgehead atoms. The highest BCUT2D eigenvalue weighted by atomic mass is 79.9. The highest BCUT2D eigenvalue weighted by Crippen LogP contribution is 2.26. The minimum absolute atomic E-state index is 0.162. The van der Waals surface area contributed by atoms with E-state index in [1.165, 1.54) is 6.07 Å². The van der Waals surface area contributed by atoms with Gasteiger partial charge in [-0.2, -0.15) is 0 Å². The molecule has 11 heteroatoms. The van der Waals surface area contributed by atoms with Gasteiger partial charge in [-0.25, -0.2) is 4.39 Å². The maximum absolute atomic E-state index is 14.2. The molecule has 1 aromatic rings. The van der Waals surface area contributed by atoms with E-state index in [1.54, 1.807) is 6.07 Å². The van der Waals surface area contributed by atoms with E-state index in [1.807, 2.05) is 13.8 Å². The summed E-state index contributed by atoms with van der Waals surface area (Å²) in [6, 6.07) is 3.04. The van der Waals surface area contributed by atoms with Crippen LogP contribution in [0.4, 0.5) is 4.39 Å². The molecule has 3 N–H and O–H groups in total. The van der Waals surface area contributed by atoms with Crippen molar-refractivity contribution < 1.29 is 23.3 Å². The molecule has 0 radical (unpaired) electrons. The molecule has 1 aliphatic heterocycles. The molecule has 1 aliphatic rings. The van der Waals surface area contributed by atoms with Gasteiger partial charge in [0.05, 0.1) is 22.5 Å². The topological polar surface area (TPSA) is 88.7 Å². The lowest BCUT2D eigenvalue weighted by Gasteiger charge is -2.27. The first-order valence-electron chi connectivity index (χ1n) is 9.44. The second kappa shape index (κ2) is 12.0. The predicted octanol–water partition coefficient (Wildman–Crippen LogP) is 2.28. The Labute approximate surface area is 187 Å². The molecule has 29 heavy (non-hydrogen) atoms. The van der Waals surface area contributed by atoms with Gasteiger partial charge in [0.1, 0.15) is 0 Å². The van der Waals surface area contributed by atoms with Crippen LogP contribution in [-0.4, -0.2) is 57.7 Å². The number of amides is 2. The fraction of sp³-hybridized carbons (Fsp3) is 0.556. The van der Waals surface area contributed by atoms with E-state index in [-0.39, 0.29) is 22.5 Å². The summed E-state index contributed by atoms with van der Waals surface area (Å²) in [6.07, 6.45) is 0.656. The number of nitrogens with one attached hydrogen (secondary N) is 3. The standard InChI is InChI=1S/C18H25BBr2FN3O4/c1-11(2)9-14(19-28-7-5-23-6-8-29-19)25-15(26)10-24-18(27)16-12(20)3-4-13(21)17(16)22/h3-4,11,14,23H,5-10H2,1-2H3,(H,24,27)(H,25,26)/t14-/m0/s1. The average Bonchev–Trinajstić information content (AvgIpc) is 2.62. The van der Waals surface area contributed by atoms with E-state index in [9.17, 15) is 14.0 Å². The lowest BCUT2D eigenvalue weighted by molar-refractivity contribution is -0.120. The number of rotatable bonds is 7. The lowest BCUT2D eigenvalue weighted by atomic mass is 9.73. The molecule has 7 nitrogen and oxygen atoms in total. The van der Waals surface area contributed by atoms with Crippen LogP contribution in [0.3, 0.4) is 0 Å². The van der Waals surface area contributed by atoms with Gasteiger partial charge in [0.25, 0.3) is 5.91 Å². The van der Waals surface area contributed by atoms with E-state index in [0.29, 0.717) is 43.1 Å². The van der Waals surface area contributed by atoms with Gasteiger partial charge in [0.2, 0.25) is 5.91 Å². The van der Waals surface area contributed by atoms with Crippen LogP contribution in [0.15, 0.2) is 21.1 Å². The molecule has 0 aliphatic carbocycles. The van der Waals surface area contributed by atoms with Crippen LogP contribution < -0.4 is 16.0 Å². The van der Waals surface area contributed by atoms with Crippen LogP contribution in [-0.2, 0) is 14.1 Å². The smallest absolute Gasteiger partial charge is 0.408 e. The fourth-order valence-electron chi connectivity index (χ4n) is 2.89. The van der Waals surface area contributed by atoms with Crippen LogP contribution in [0.1, 0.15) is 30.6 Å². The molecule has 0 saturated carbocycles. The SMILES string of the molecule is CC(C)C[C@H](NC(=O)CNC(=O)c1c(Br)ccc(Br)c1F)B1OCCNCCO1. The maximum Gasteiger partial charge on any atom is 0.480 e. The molecule has 2 amide bonds. The molecular weight excluding hydrogens is 512 g/mol. The zero-order chi connectivity index (χ0) is 21.4. The number of hydrogen-bond acceptors (Lipinski definition) is 5. The quantitative estimate of drug-likeness (QED) is 0.367. The number of hydrogen-bond donors (Lipinski definition) is 3. The predicted molar refractivity (Wildman–Crippen MR) is 116 cm³/mol. The van der Waals surface area contributed by atoms with Gasteiger partial charge in [-0.15, -0.1) is 0 Å². The first kappa shape index (κ1) is 24.3. The van der Waals surface area contributed by atoms with E-state index >= 15 is 0 Å². The van der Waals surface area contributed by atoms with Gasteiger partial charge < -0.3 is 25.3 Å². The first-order valence-corrected chi connectivity index (χ1v) is 11.0. The van der Waals surface area contributed by atoms with Crippen molar-refractivity contribution in [3.8, 4) is 0 Å². The zero-order valence-corrected chi connectivity index (χ0v) is 19.6. The van der Waals surface area contributed by atoms with Crippen LogP contribution in [0.2, 0.25) is 0 Å². The third kappa shape index (κ3) is 7.64. The average molecular weight is 537 g/mol. The molecule has 1 fully saturated rings. The van der Waals surface area contributed by atoms with Crippen molar-refractivity contribution in [3.05, 3.63) is 32.5 Å². The number of carbonyl (C=O) groups is 2. The lowest BCUT2D eigenvalue weighted by Crippen LogP contribution is -2.53. The van der Waals surface area contributed by atoms with E-state index in [0.717, 1.165) is 0 Å². The molecule has 2 rings (SSSR count).